The van der Waals surface area contributed by atoms with Crippen LogP contribution in [-0.4, -0.2) is 61.6 Å². The second kappa shape index (κ2) is 6.23. The normalized spacial score (nSPS) is 18.9. The van der Waals surface area contributed by atoms with Crippen molar-refractivity contribution in [2.24, 2.45) is 5.92 Å². The zero-order chi connectivity index (χ0) is 14.6. The molecule has 0 radical (unpaired) electrons. The standard InChI is InChI=1S/C11H20N2O5S/c1-8(7-19(2,17)18)12-11(16)13-5-3-9(4-6-13)10(14)15/h8-9H,3-7H2,1-2H3,(H,12,16)(H,14,15). The summed E-state index contributed by atoms with van der Waals surface area (Å²) in [6.45, 7) is 2.39. The van der Waals surface area contributed by atoms with Crippen molar-refractivity contribution >= 4 is 21.8 Å². The minimum atomic E-state index is -3.13. The van der Waals surface area contributed by atoms with Crippen LogP contribution in [0.5, 0.6) is 0 Å². The molecule has 1 saturated heterocycles. The zero-order valence-corrected chi connectivity index (χ0v) is 11.9. The highest BCUT2D eigenvalue weighted by atomic mass is 32.2. The topological polar surface area (TPSA) is 104 Å². The third kappa shape index (κ3) is 5.46. The molecular weight excluding hydrogens is 272 g/mol. The maximum atomic E-state index is 11.8. The van der Waals surface area contributed by atoms with Crippen LogP contribution < -0.4 is 5.32 Å². The molecule has 2 amide bonds. The monoisotopic (exact) mass is 292 g/mol. The smallest absolute Gasteiger partial charge is 0.317 e. The number of hydrogen-bond donors (Lipinski definition) is 2. The first-order valence-electron chi connectivity index (χ1n) is 6.15. The Hall–Kier alpha value is -1.31. The van der Waals surface area contributed by atoms with Crippen LogP contribution in [0.4, 0.5) is 4.79 Å². The van der Waals surface area contributed by atoms with E-state index in [2.05, 4.69) is 5.32 Å². The largest absolute Gasteiger partial charge is 0.481 e. The van der Waals surface area contributed by atoms with Gasteiger partial charge < -0.3 is 15.3 Å². The number of likely N-dealkylation sites (tertiary alicyclic amines) is 1. The van der Waals surface area contributed by atoms with Gasteiger partial charge in [0.15, 0.2) is 0 Å². The molecule has 1 heterocycles. The summed E-state index contributed by atoms with van der Waals surface area (Å²) in [6, 6.07) is -0.792. The van der Waals surface area contributed by atoms with Crippen LogP contribution in [0.2, 0.25) is 0 Å². The number of urea groups is 1. The van der Waals surface area contributed by atoms with Gasteiger partial charge in [-0.3, -0.25) is 4.79 Å². The molecule has 8 heteroatoms. The SMILES string of the molecule is CC(CS(C)(=O)=O)NC(=O)N1CCC(C(=O)O)CC1. The van der Waals surface area contributed by atoms with Crippen LogP contribution in [0.25, 0.3) is 0 Å². The van der Waals surface area contributed by atoms with Crippen LogP contribution in [0.3, 0.4) is 0 Å². The highest BCUT2D eigenvalue weighted by molar-refractivity contribution is 7.90. The average molecular weight is 292 g/mol. The van der Waals surface area contributed by atoms with E-state index in [1.807, 2.05) is 0 Å². The van der Waals surface area contributed by atoms with E-state index in [-0.39, 0.29) is 11.8 Å². The van der Waals surface area contributed by atoms with Crippen LogP contribution >= 0.6 is 0 Å². The van der Waals surface area contributed by atoms with Crippen molar-refractivity contribution in [3.05, 3.63) is 0 Å². The number of aliphatic carboxylic acids is 1. The van der Waals surface area contributed by atoms with Crippen molar-refractivity contribution in [1.29, 1.82) is 0 Å². The van der Waals surface area contributed by atoms with Crippen molar-refractivity contribution in [2.45, 2.75) is 25.8 Å². The van der Waals surface area contributed by atoms with E-state index in [9.17, 15) is 18.0 Å². The Morgan fingerprint density at radius 3 is 2.32 bits per heavy atom. The maximum Gasteiger partial charge on any atom is 0.317 e. The van der Waals surface area contributed by atoms with Crippen molar-refractivity contribution in [2.75, 3.05) is 25.1 Å². The van der Waals surface area contributed by atoms with Crippen LogP contribution in [-0.2, 0) is 14.6 Å². The number of hydrogen-bond acceptors (Lipinski definition) is 4. The molecular formula is C11H20N2O5S. The molecule has 0 saturated carbocycles. The maximum absolute atomic E-state index is 11.8. The average Bonchev–Trinajstić information content (AvgIpc) is 2.26. The van der Waals surface area contributed by atoms with Gasteiger partial charge in [0.1, 0.15) is 9.84 Å². The third-order valence-electron chi connectivity index (χ3n) is 3.05. The first-order chi connectivity index (χ1) is 8.69. The molecule has 1 fully saturated rings. The Balaban J connectivity index is 2.41. The third-order valence-corrected chi connectivity index (χ3v) is 4.16. The van der Waals surface area contributed by atoms with Crippen molar-refractivity contribution in [1.82, 2.24) is 10.2 Å². The first kappa shape index (κ1) is 15.7. The molecule has 1 atom stereocenters. The first-order valence-corrected chi connectivity index (χ1v) is 8.21. The summed E-state index contributed by atoms with van der Waals surface area (Å²) in [7, 11) is -3.13. The number of carboxylic acid groups (broad SMARTS) is 1. The molecule has 110 valence electrons. The van der Waals surface area contributed by atoms with Gasteiger partial charge in [-0.1, -0.05) is 0 Å². The molecule has 0 spiro atoms. The van der Waals surface area contributed by atoms with Gasteiger partial charge in [0.25, 0.3) is 0 Å². The van der Waals surface area contributed by atoms with Crippen LogP contribution in [0.1, 0.15) is 19.8 Å². The molecule has 1 aliphatic heterocycles. The number of rotatable bonds is 4. The Labute approximate surface area is 112 Å². The quantitative estimate of drug-likeness (QED) is 0.754. The van der Waals surface area contributed by atoms with Gasteiger partial charge in [-0.05, 0) is 19.8 Å². The van der Waals surface area contributed by atoms with Gasteiger partial charge in [0, 0.05) is 25.4 Å². The minimum Gasteiger partial charge on any atom is -0.481 e. The molecule has 0 aliphatic carbocycles. The second-order valence-electron chi connectivity index (χ2n) is 5.04. The lowest BCUT2D eigenvalue weighted by atomic mass is 9.97. The molecule has 1 rings (SSSR count). The fourth-order valence-corrected chi connectivity index (χ4v) is 3.12. The van der Waals surface area contributed by atoms with Crippen molar-refractivity contribution in [3.63, 3.8) is 0 Å². The number of piperidine rings is 1. The van der Waals surface area contributed by atoms with Gasteiger partial charge in [-0.25, -0.2) is 13.2 Å². The summed E-state index contributed by atoms with van der Waals surface area (Å²) in [4.78, 5) is 24.1. The molecule has 19 heavy (non-hydrogen) atoms. The summed E-state index contributed by atoms with van der Waals surface area (Å²) in [5.74, 6) is -1.33. The van der Waals surface area contributed by atoms with Gasteiger partial charge in [0.05, 0.1) is 11.7 Å². The summed E-state index contributed by atoms with van der Waals surface area (Å²) < 4.78 is 22.2. The van der Waals surface area contributed by atoms with Crippen LogP contribution in [0.15, 0.2) is 0 Å². The van der Waals surface area contributed by atoms with Crippen LogP contribution in [0, 0.1) is 5.92 Å². The van der Waals surface area contributed by atoms with E-state index in [1.165, 1.54) is 4.90 Å². The molecule has 0 aromatic heterocycles. The van der Waals surface area contributed by atoms with E-state index >= 15 is 0 Å². The van der Waals surface area contributed by atoms with E-state index in [4.69, 9.17) is 5.11 Å². The molecule has 1 aliphatic rings. The van der Waals surface area contributed by atoms with Gasteiger partial charge in [0.2, 0.25) is 0 Å². The van der Waals surface area contributed by atoms with Crippen molar-refractivity contribution in [3.8, 4) is 0 Å². The summed E-state index contributed by atoms with van der Waals surface area (Å²) in [6.07, 6.45) is 1.99. The fourth-order valence-electron chi connectivity index (χ4n) is 2.13. The van der Waals surface area contributed by atoms with Gasteiger partial charge in [-0.2, -0.15) is 0 Å². The minimum absolute atomic E-state index is 0.107. The predicted molar refractivity (Wildman–Crippen MR) is 69.6 cm³/mol. The molecule has 2 N–H and O–H groups in total. The Morgan fingerprint density at radius 2 is 1.89 bits per heavy atom. The Kier molecular flexibility index (Phi) is 5.16. The predicted octanol–water partition coefficient (Wildman–Crippen LogP) is -0.0743. The lowest BCUT2D eigenvalue weighted by Gasteiger charge is -2.31. The molecule has 0 aromatic rings. The number of carbonyl (C=O) groups excluding carboxylic acids is 1. The lowest BCUT2D eigenvalue weighted by Crippen LogP contribution is -2.49. The number of amides is 2. The number of carbonyl (C=O) groups is 2. The number of carboxylic acids is 1. The molecule has 1 unspecified atom stereocenters. The van der Waals surface area contributed by atoms with Gasteiger partial charge in [-0.15, -0.1) is 0 Å². The molecule has 0 bridgehead atoms. The van der Waals surface area contributed by atoms with E-state index in [0.29, 0.717) is 25.9 Å². The molecule has 0 aromatic carbocycles. The van der Waals surface area contributed by atoms with Crippen molar-refractivity contribution < 1.29 is 23.1 Å². The Bertz CT molecular complexity index is 440. The second-order valence-corrected chi connectivity index (χ2v) is 7.23. The highest BCUT2D eigenvalue weighted by Gasteiger charge is 2.27. The zero-order valence-electron chi connectivity index (χ0n) is 11.1. The van der Waals surface area contributed by atoms with E-state index in [0.717, 1.165) is 6.26 Å². The lowest BCUT2D eigenvalue weighted by molar-refractivity contribution is -0.143. The number of sulfone groups is 1. The Morgan fingerprint density at radius 1 is 1.37 bits per heavy atom. The van der Waals surface area contributed by atoms with E-state index < -0.39 is 27.8 Å². The number of nitrogens with one attached hydrogen (secondary N) is 1. The highest BCUT2D eigenvalue weighted by Crippen LogP contribution is 2.17. The molecule has 7 nitrogen and oxygen atoms in total. The number of nitrogens with zero attached hydrogens (tertiary/aromatic N) is 1. The van der Waals surface area contributed by atoms with Gasteiger partial charge >= 0.3 is 12.0 Å². The fraction of sp³-hybridized carbons (Fsp3) is 0.818. The summed E-state index contributed by atoms with van der Waals surface area (Å²) >= 11 is 0. The summed E-state index contributed by atoms with van der Waals surface area (Å²) in [5.41, 5.74) is 0. The van der Waals surface area contributed by atoms with E-state index in [1.54, 1.807) is 6.92 Å². The summed E-state index contributed by atoms with van der Waals surface area (Å²) in [5, 5.41) is 11.5.